The number of ether oxygens (including phenoxy) is 2. The van der Waals surface area contributed by atoms with E-state index in [4.69, 9.17) is 9.47 Å². The molecule has 1 heterocycles. The molecule has 2 amide bonds. The van der Waals surface area contributed by atoms with Crippen molar-refractivity contribution in [1.82, 2.24) is 5.32 Å². The summed E-state index contributed by atoms with van der Waals surface area (Å²) < 4.78 is 11.1. The Morgan fingerprint density at radius 1 is 0.933 bits per heavy atom. The first-order valence-corrected chi connectivity index (χ1v) is 10.3. The SMILES string of the molecule is CC(C)C(NC(=O)c1ccc(C(C)(C)C)cc1)C(=O)Nc1ccc2c(c1)OCCO2. The lowest BCUT2D eigenvalue weighted by Gasteiger charge is -2.23. The molecule has 0 aliphatic carbocycles. The molecule has 1 atom stereocenters. The van der Waals surface area contributed by atoms with E-state index in [0.717, 1.165) is 5.56 Å². The van der Waals surface area contributed by atoms with E-state index in [9.17, 15) is 9.59 Å². The van der Waals surface area contributed by atoms with Crippen LogP contribution in [0.2, 0.25) is 0 Å². The predicted molar refractivity (Wildman–Crippen MR) is 117 cm³/mol. The fourth-order valence-corrected chi connectivity index (χ4v) is 3.22. The molecule has 0 aromatic heterocycles. The fourth-order valence-electron chi connectivity index (χ4n) is 3.22. The van der Waals surface area contributed by atoms with E-state index in [0.29, 0.717) is 36.0 Å². The number of hydrogen-bond donors (Lipinski definition) is 2. The molecule has 1 unspecified atom stereocenters. The minimum atomic E-state index is -0.673. The third-order valence-electron chi connectivity index (χ3n) is 5.06. The zero-order valence-corrected chi connectivity index (χ0v) is 18.2. The predicted octanol–water partition coefficient (Wildman–Crippen LogP) is 4.15. The van der Waals surface area contributed by atoms with E-state index in [-0.39, 0.29) is 23.1 Å². The quantitative estimate of drug-likeness (QED) is 0.776. The van der Waals surface area contributed by atoms with Crippen LogP contribution in [0.5, 0.6) is 11.5 Å². The van der Waals surface area contributed by atoms with Crippen molar-refractivity contribution >= 4 is 17.5 Å². The van der Waals surface area contributed by atoms with Crippen LogP contribution in [0.25, 0.3) is 0 Å². The molecule has 0 fully saturated rings. The minimum Gasteiger partial charge on any atom is -0.486 e. The summed E-state index contributed by atoms with van der Waals surface area (Å²) in [7, 11) is 0. The number of carbonyl (C=O) groups excluding carboxylic acids is 2. The summed E-state index contributed by atoms with van der Waals surface area (Å²) in [4.78, 5) is 25.6. The molecule has 3 rings (SSSR count). The minimum absolute atomic E-state index is 0.0129. The van der Waals surface area contributed by atoms with Gasteiger partial charge in [-0.15, -0.1) is 0 Å². The molecule has 6 nitrogen and oxygen atoms in total. The van der Waals surface area contributed by atoms with E-state index < -0.39 is 6.04 Å². The summed E-state index contributed by atoms with van der Waals surface area (Å²) in [6.07, 6.45) is 0. The number of carbonyl (C=O) groups is 2. The molecule has 0 saturated carbocycles. The zero-order chi connectivity index (χ0) is 21.9. The smallest absolute Gasteiger partial charge is 0.251 e. The van der Waals surface area contributed by atoms with E-state index >= 15 is 0 Å². The molecule has 1 aliphatic rings. The maximum atomic E-state index is 12.9. The van der Waals surface area contributed by atoms with Gasteiger partial charge in [-0.05, 0) is 41.2 Å². The number of anilines is 1. The van der Waals surface area contributed by atoms with Gasteiger partial charge < -0.3 is 20.1 Å². The number of fused-ring (bicyclic) bond motifs is 1. The van der Waals surface area contributed by atoms with Crippen LogP contribution in [0.1, 0.15) is 50.5 Å². The van der Waals surface area contributed by atoms with Crippen LogP contribution < -0.4 is 20.1 Å². The average molecular weight is 411 g/mol. The van der Waals surface area contributed by atoms with Gasteiger partial charge in [0.15, 0.2) is 11.5 Å². The second-order valence-electron chi connectivity index (χ2n) is 8.87. The summed E-state index contributed by atoms with van der Waals surface area (Å²) in [5.41, 5.74) is 2.29. The van der Waals surface area contributed by atoms with Crippen LogP contribution >= 0.6 is 0 Å². The Morgan fingerprint density at radius 2 is 1.57 bits per heavy atom. The summed E-state index contributed by atoms with van der Waals surface area (Å²) in [6, 6.07) is 12.1. The second-order valence-corrected chi connectivity index (χ2v) is 8.87. The number of benzene rings is 2. The molecule has 160 valence electrons. The summed E-state index contributed by atoms with van der Waals surface area (Å²) in [5, 5.41) is 5.74. The van der Waals surface area contributed by atoms with E-state index in [1.54, 1.807) is 30.3 Å². The lowest BCUT2D eigenvalue weighted by Crippen LogP contribution is -2.47. The monoisotopic (exact) mass is 410 g/mol. The van der Waals surface area contributed by atoms with Crippen molar-refractivity contribution in [2.45, 2.75) is 46.1 Å². The van der Waals surface area contributed by atoms with Crippen molar-refractivity contribution in [2.24, 2.45) is 5.92 Å². The van der Waals surface area contributed by atoms with Gasteiger partial charge in [0, 0.05) is 17.3 Å². The third kappa shape index (κ3) is 5.12. The Balaban J connectivity index is 1.69. The van der Waals surface area contributed by atoms with Crippen molar-refractivity contribution in [3.05, 3.63) is 53.6 Å². The van der Waals surface area contributed by atoms with Gasteiger partial charge >= 0.3 is 0 Å². The fraction of sp³-hybridized carbons (Fsp3) is 0.417. The third-order valence-corrected chi connectivity index (χ3v) is 5.06. The molecule has 30 heavy (non-hydrogen) atoms. The van der Waals surface area contributed by atoms with Crippen molar-refractivity contribution in [3.63, 3.8) is 0 Å². The molecular formula is C24H30N2O4. The van der Waals surface area contributed by atoms with Crippen molar-refractivity contribution in [2.75, 3.05) is 18.5 Å². The number of nitrogens with one attached hydrogen (secondary N) is 2. The Bertz CT molecular complexity index is 914. The maximum Gasteiger partial charge on any atom is 0.251 e. The number of rotatable bonds is 5. The number of amides is 2. The number of hydrogen-bond acceptors (Lipinski definition) is 4. The zero-order valence-electron chi connectivity index (χ0n) is 18.2. The molecule has 1 aliphatic heterocycles. The first-order valence-electron chi connectivity index (χ1n) is 10.3. The Kier molecular flexibility index (Phi) is 6.34. The van der Waals surface area contributed by atoms with Gasteiger partial charge in [0.05, 0.1) is 0 Å². The molecular weight excluding hydrogens is 380 g/mol. The first-order chi connectivity index (χ1) is 14.1. The molecule has 2 N–H and O–H groups in total. The summed E-state index contributed by atoms with van der Waals surface area (Å²) in [6.45, 7) is 11.2. The molecule has 2 aromatic rings. The van der Waals surface area contributed by atoms with Crippen LogP contribution in [-0.4, -0.2) is 31.1 Å². The van der Waals surface area contributed by atoms with Crippen LogP contribution in [0.15, 0.2) is 42.5 Å². The Hall–Kier alpha value is -3.02. The lowest BCUT2D eigenvalue weighted by atomic mass is 9.86. The highest BCUT2D eigenvalue weighted by Crippen LogP contribution is 2.32. The van der Waals surface area contributed by atoms with E-state index in [2.05, 4.69) is 31.4 Å². The van der Waals surface area contributed by atoms with Crippen molar-refractivity contribution < 1.29 is 19.1 Å². The van der Waals surface area contributed by atoms with Gasteiger partial charge in [-0.25, -0.2) is 0 Å². The largest absolute Gasteiger partial charge is 0.486 e. The topological polar surface area (TPSA) is 76.7 Å². The van der Waals surface area contributed by atoms with Crippen LogP contribution in [0, 0.1) is 5.92 Å². The van der Waals surface area contributed by atoms with Gasteiger partial charge in [-0.3, -0.25) is 9.59 Å². The Labute approximate surface area is 178 Å². The maximum absolute atomic E-state index is 12.9. The van der Waals surface area contributed by atoms with Crippen molar-refractivity contribution in [1.29, 1.82) is 0 Å². The second kappa shape index (κ2) is 8.78. The van der Waals surface area contributed by atoms with Crippen LogP contribution in [0.3, 0.4) is 0 Å². The first kappa shape index (κ1) is 21.7. The van der Waals surface area contributed by atoms with Crippen LogP contribution in [0.4, 0.5) is 5.69 Å². The normalized spacial score (nSPS) is 14.2. The highest BCUT2D eigenvalue weighted by atomic mass is 16.6. The Morgan fingerprint density at radius 3 is 2.17 bits per heavy atom. The molecule has 0 radical (unpaired) electrons. The molecule has 6 heteroatoms. The summed E-state index contributed by atoms with van der Waals surface area (Å²) in [5.74, 6) is 0.627. The van der Waals surface area contributed by atoms with Gasteiger partial charge in [0.1, 0.15) is 19.3 Å². The molecule has 0 saturated heterocycles. The van der Waals surface area contributed by atoms with E-state index in [1.807, 2.05) is 26.0 Å². The van der Waals surface area contributed by atoms with Gasteiger partial charge in [-0.2, -0.15) is 0 Å². The van der Waals surface area contributed by atoms with E-state index in [1.165, 1.54) is 0 Å². The molecule has 2 aromatic carbocycles. The van der Waals surface area contributed by atoms with Gasteiger partial charge in [0.2, 0.25) is 5.91 Å². The summed E-state index contributed by atoms with van der Waals surface area (Å²) >= 11 is 0. The van der Waals surface area contributed by atoms with Gasteiger partial charge in [-0.1, -0.05) is 46.8 Å². The van der Waals surface area contributed by atoms with Gasteiger partial charge in [0.25, 0.3) is 5.91 Å². The van der Waals surface area contributed by atoms with Crippen molar-refractivity contribution in [3.8, 4) is 11.5 Å². The lowest BCUT2D eigenvalue weighted by molar-refractivity contribution is -0.118. The molecule has 0 spiro atoms. The highest BCUT2D eigenvalue weighted by Gasteiger charge is 2.25. The van der Waals surface area contributed by atoms with Crippen LogP contribution in [-0.2, 0) is 10.2 Å². The standard InChI is InChI=1S/C24H30N2O4/c1-15(2)21(26-22(27)16-6-8-17(9-7-16)24(3,4)5)23(28)25-18-10-11-19-20(14-18)30-13-12-29-19/h6-11,14-15,21H,12-13H2,1-5H3,(H,25,28)(H,26,27). The molecule has 0 bridgehead atoms. The highest BCUT2D eigenvalue weighted by molar-refractivity contribution is 6.01. The average Bonchev–Trinajstić information content (AvgIpc) is 2.70.